The van der Waals surface area contributed by atoms with Gasteiger partial charge in [0.05, 0.1) is 23.9 Å². The second-order valence-corrected chi connectivity index (χ2v) is 5.43. The number of carbonyl (C=O) groups is 2. The molecule has 0 aliphatic heterocycles. The Labute approximate surface area is 142 Å². The first-order valence-corrected chi connectivity index (χ1v) is 7.09. The molecule has 0 bridgehead atoms. The number of hydrogen-bond donors (Lipinski definition) is 1. The number of rotatable bonds is 5. The SMILES string of the molecule is COC(=O)c1cc(N=NC=C(Cl)C(Cl)C(=O)O)c(F)cc1Br. The molecule has 0 spiro atoms. The molecule has 6 nitrogen and oxygen atoms in total. The number of hydrogen-bond acceptors (Lipinski definition) is 5. The lowest BCUT2D eigenvalue weighted by Crippen LogP contribution is -2.12. The Balaban J connectivity index is 3.08. The Morgan fingerprint density at radius 1 is 1.50 bits per heavy atom. The first-order chi connectivity index (χ1) is 10.3. The fourth-order valence-electron chi connectivity index (χ4n) is 1.21. The summed E-state index contributed by atoms with van der Waals surface area (Å²) in [7, 11) is 1.17. The Hall–Kier alpha value is -1.51. The van der Waals surface area contributed by atoms with Gasteiger partial charge in [0, 0.05) is 4.47 Å². The van der Waals surface area contributed by atoms with Crippen molar-refractivity contribution in [2.45, 2.75) is 5.38 Å². The van der Waals surface area contributed by atoms with Crippen LogP contribution in [0.1, 0.15) is 10.4 Å². The average Bonchev–Trinajstić information content (AvgIpc) is 2.47. The minimum Gasteiger partial charge on any atom is -0.480 e. The maximum atomic E-state index is 13.7. The van der Waals surface area contributed by atoms with Gasteiger partial charge in [-0.25, -0.2) is 9.18 Å². The first-order valence-electron chi connectivity index (χ1n) is 5.48. The molecule has 0 amide bonds. The zero-order valence-electron chi connectivity index (χ0n) is 10.9. The number of azo groups is 1. The number of carbonyl (C=O) groups excluding carboxylic acids is 1. The summed E-state index contributed by atoms with van der Waals surface area (Å²) in [6.45, 7) is 0. The highest BCUT2D eigenvalue weighted by Crippen LogP contribution is 2.27. The highest BCUT2D eigenvalue weighted by molar-refractivity contribution is 9.10. The molecule has 0 saturated heterocycles. The van der Waals surface area contributed by atoms with Crippen LogP contribution in [0, 0.1) is 5.82 Å². The van der Waals surface area contributed by atoms with Crippen LogP contribution in [0.25, 0.3) is 0 Å². The monoisotopic (exact) mass is 412 g/mol. The molecule has 1 atom stereocenters. The summed E-state index contributed by atoms with van der Waals surface area (Å²) < 4.78 is 18.4. The molecule has 1 aromatic carbocycles. The lowest BCUT2D eigenvalue weighted by atomic mass is 10.2. The van der Waals surface area contributed by atoms with Gasteiger partial charge in [-0.05, 0) is 28.1 Å². The topological polar surface area (TPSA) is 88.3 Å². The summed E-state index contributed by atoms with van der Waals surface area (Å²) in [5.41, 5.74) is -0.209. The van der Waals surface area contributed by atoms with Crippen LogP contribution in [0.2, 0.25) is 0 Å². The minimum atomic E-state index is -1.49. The molecular formula is C12H8BrCl2FN2O4. The number of methoxy groups -OCH3 is 1. The van der Waals surface area contributed by atoms with Gasteiger partial charge in [0.2, 0.25) is 0 Å². The third-order valence-corrected chi connectivity index (χ3v) is 3.75. The number of carboxylic acid groups (broad SMARTS) is 1. The predicted molar refractivity (Wildman–Crippen MR) is 81.2 cm³/mol. The molecule has 0 saturated carbocycles. The smallest absolute Gasteiger partial charge is 0.339 e. The summed E-state index contributed by atoms with van der Waals surface area (Å²) >= 11 is 14.0. The maximum Gasteiger partial charge on any atom is 0.339 e. The fraction of sp³-hybridized carbons (Fsp3) is 0.167. The molecule has 0 fully saturated rings. The van der Waals surface area contributed by atoms with Gasteiger partial charge in [-0.1, -0.05) is 11.6 Å². The molecule has 22 heavy (non-hydrogen) atoms. The number of aliphatic carboxylic acids is 1. The van der Waals surface area contributed by atoms with E-state index in [1.54, 1.807) is 0 Å². The van der Waals surface area contributed by atoms with Crippen LogP contribution < -0.4 is 0 Å². The summed E-state index contributed by atoms with van der Waals surface area (Å²) in [4.78, 5) is 22.1. The largest absolute Gasteiger partial charge is 0.480 e. The van der Waals surface area contributed by atoms with Crippen molar-refractivity contribution in [3.8, 4) is 0 Å². The number of nitrogens with zero attached hydrogens (tertiary/aromatic N) is 2. The molecule has 0 heterocycles. The third kappa shape index (κ3) is 4.75. The van der Waals surface area contributed by atoms with Gasteiger partial charge in [0.1, 0.15) is 5.69 Å². The zero-order valence-corrected chi connectivity index (χ0v) is 14.0. The van der Waals surface area contributed by atoms with Crippen molar-refractivity contribution in [2.24, 2.45) is 10.2 Å². The average molecular weight is 414 g/mol. The van der Waals surface area contributed by atoms with Crippen LogP contribution >= 0.6 is 39.1 Å². The molecule has 118 valence electrons. The molecule has 10 heteroatoms. The Kier molecular flexibility index (Phi) is 6.92. The first kappa shape index (κ1) is 18.5. The summed E-state index contributed by atoms with van der Waals surface area (Å²) in [6, 6.07) is 2.14. The van der Waals surface area contributed by atoms with E-state index in [1.165, 1.54) is 7.11 Å². The van der Waals surface area contributed by atoms with E-state index >= 15 is 0 Å². The number of alkyl halides is 1. The molecule has 1 N–H and O–H groups in total. The van der Waals surface area contributed by atoms with E-state index in [0.29, 0.717) is 0 Å². The van der Waals surface area contributed by atoms with Crippen molar-refractivity contribution in [3.05, 3.63) is 39.2 Å². The second-order valence-electron chi connectivity index (χ2n) is 3.71. The predicted octanol–water partition coefficient (Wildman–Crippen LogP) is 4.23. The van der Waals surface area contributed by atoms with Gasteiger partial charge in [0.15, 0.2) is 11.2 Å². The Bertz CT molecular complexity index is 667. The minimum absolute atomic E-state index is 0.0497. The maximum absolute atomic E-state index is 13.7. The van der Waals surface area contributed by atoms with Gasteiger partial charge in [-0.3, -0.25) is 4.79 Å². The summed E-state index contributed by atoms with van der Waals surface area (Å²) in [6.07, 6.45) is 0.868. The van der Waals surface area contributed by atoms with Gasteiger partial charge in [-0.15, -0.1) is 16.7 Å². The van der Waals surface area contributed by atoms with Gasteiger partial charge in [0.25, 0.3) is 0 Å². The quantitative estimate of drug-likeness (QED) is 0.444. The summed E-state index contributed by atoms with van der Waals surface area (Å²) in [5, 5.41) is 13.8. The molecular weight excluding hydrogens is 406 g/mol. The van der Waals surface area contributed by atoms with Crippen LogP contribution in [0.15, 0.2) is 38.1 Å². The summed E-state index contributed by atoms with van der Waals surface area (Å²) in [5.74, 6) is -2.81. The highest BCUT2D eigenvalue weighted by atomic mass is 79.9. The van der Waals surface area contributed by atoms with Crippen molar-refractivity contribution >= 4 is 56.8 Å². The molecule has 0 aliphatic carbocycles. The van der Waals surface area contributed by atoms with Crippen LogP contribution in [0.5, 0.6) is 0 Å². The van der Waals surface area contributed by atoms with Crippen LogP contribution in [0.3, 0.4) is 0 Å². The van der Waals surface area contributed by atoms with Crippen molar-refractivity contribution in [3.63, 3.8) is 0 Å². The number of ether oxygens (including phenoxy) is 1. The fourth-order valence-corrected chi connectivity index (χ4v) is 1.88. The third-order valence-electron chi connectivity index (χ3n) is 2.25. The second kappa shape index (κ2) is 8.21. The lowest BCUT2D eigenvalue weighted by molar-refractivity contribution is -0.135. The van der Waals surface area contributed by atoms with E-state index in [0.717, 1.165) is 18.3 Å². The molecule has 1 aromatic rings. The molecule has 0 aromatic heterocycles. The van der Waals surface area contributed by atoms with Crippen molar-refractivity contribution < 1.29 is 23.8 Å². The number of benzene rings is 1. The zero-order chi connectivity index (χ0) is 16.9. The van der Waals surface area contributed by atoms with E-state index in [9.17, 15) is 14.0 Å². The van der Waals surface area contributed by atoms with Crippen LogP contribution in [-0.2, 0) is 9.53 Å². The highest BCUT2D eigenvalue weighted by Gasteiger charge is 2.17. The number of halogens is 4. The van der Waals surface area contributed by atoms with Crippen LogP contribution in [0.4, 0.5) is 10.1 Å². The van der Waals surface area contributed by atoms with E-state index in [4.69, 9.17) is 28.3 Å². The standard InChI is InChI=1S/C12H8BrCl2FN2O4/c1-22-12(21)5-2-9(8(16)3-6(5)13)18-17-4-7(14)10(15)11(19)20/h2-4,10H,1H3,(H,19,20). The van der Waals surface area contributed by atoms with E-state index in [2.05, 4.69) is 30.9 Å². The number of carboxylic acids is 1. The normalized spacial score (nSPS) is 13.2. The Morgan fingerprint density at radius 2 is 2.14 bits per heavy atom. The van der Waals surface area contributed by atoms with Gasteiger partial charge < -0.3 is 9.84 Å². The van der Waals surface area contributed by atoms with Crippen LogP contribution in [-0.4, -0.2) is 29.5 Å². The molecule has 1 rings (SSSR count). The van der Waals surface area contributed by atoms with Crippen molar-refractivity contribution in [1.29, 1.82) is 0 Å². The molecule has 0 aliphatic rings. The lowest BCUT2D eigenvalue weighted by Gasteiger charge is -2.04. The molecule has 0 radical (unpaired) electrons. The number of esters is 1. The van der Waals surface area contributed by atoms with Crippen molar-refractivity contribution in [2.75, 3.05) is 7.11 Å². The van der Waals surface area contributed by atoms with Crippen molar-refractivity contribution in [1.82, 2.24) is 0 Å². The van der Waals surface area contributed by atoms with E-state index in [-0.39, 0.29) is 20.8 Å². The Morgan fingerprint density at radius 3 is 2.68 bits per heavy atom. The molecule has 1 unspecified atom stereocenters. The van der Waals surface area contributed by atoms with E-state index < -0.39 is 23.1 Å². The van der Waals surface area contributed by atoms with Gasteiger partial charge >= 0.3 is 11.9 Å². The van der Waals surface area contributed by atoms with E-state index in [1.807, 2.05) is 0 Å². The van der Waals surface area contributed by atoms with Gasteiger partial charge in [-0.2, -0.15) is 5.11 Å².